The molecule has 3 rings (SSSR count). The van der Waals surface area contributed by atoms with E-state index in [0.29, 0.717) is 24.5 Å². The van der Waals surface area contributed by atoms with Gasteiger partial charge in [0.15, 0.2) is 0 Å². The molecule has 10 heteroatoms. The molecule has 0 aliphatic heterocycles. The molecular weight excluding hydrogens is 630 g/mol. The molecule has 1 atom stereocenters. The van der Waals surface area contributed by atoms with Crippen molar-refractivity contribution in [2.45, 2.75) is 65.1 Å². The summed E-state index contributed by atoms with van der Waals surface area (Å²) in [5, 5.41) is 3.06. The Morgan fingerprint density at radius 2 is 1.60 bits per heavy atom. The van der Waals surface area contributed by atoms with Crippen molar-refractivity contribution in [3.63, 3.8) is 0 Å². The van der Waals surface area contributed by atoms with Gasteiger partial charge in [0.1, 0.15) is 11.8 Å². The van der Waals surface area contributed by atoms with Crippen LogP contribution in [0.4, 0.5) is 5.69 Å². The van der Waals surface area contributed by atoms with Gasteiger partial charge in [0, 0.05) is 35.9 Å². The number of hydrogen-bond donors (Lipinski definition) is 1. The molecule has 0 bridgehead atoms. The number of benzene rings is 3. The molecule has 0 fully saturated rings. The quantitative estimate of drug-likeness (QED) is 0.229. The van der Waals surface area contributed by atoms with Crippen LogP contribution in [0.15, 0.2) is 83.3 Å². The van der Waals surface area contributed by atoms with Crippen LogP contribution < -0.4 is 14.4 Å². The van der Waals surface area contributed by atoms with Crippen molar-refractivity contribution in [3.8, 4) is 5.75 Å². The average Bonchev–Trinajstić information content (AvgIpc) is 2.92. The summed E-state index contributed by atoms with van der Waals surface area (Å²) in [4.78, 5) is 29.4. The third-order valence-electron chi connectivity index (χ3n) is 6.60. The highest BCUT2D eigenvalue weighted by atomic mass is 79.9. The fourth-order valence-electron chi connectivity index (χ4n) is 4.76. The zero-order valence-corrected chi connectivity index (χ0v) is 27.9. The number of ether oxygens (including phenoxy) is 1. The predicted octanol–water partition coefficient (Wildman–Crippen LogP) is 5.95. The van der Waals surface area contributed by atoms with Gasteiger partial charge >= 0.3 is 0 Å². The van der Waals surface area contributed by atoms with Gasteiger partial charge in [-0.1, -0.05) is 70.5 Å². The molecule has 232 valence electrons. The number of halogens is 1. The second-order valence-corrected chi connectivity index (χ2v) is 14.3. The Kier molecular flexibility index (Phi) is 12.2. The average molecular weight is 673 g/mol. The van der Waals surface area contributed by atoms with Gasteiger partial charge in [0.05, 0.1) is 18.6 Å². The van der Waals surface area contributed by atoms with Crippen LogP contribution in [0.5, 0.6) is 5.75 Å². The largest absolute Gasteiger partial charge is 0.492 e. The molecule has 0 aromatic heterocycles. The third-order valence-corrected chi connectivity index (χ3v) is 8.27. The van der Waals surface area contributed by atoms with Crippen molar-refractivity contribution in [2.75, 3.05) is 23.7 Å². The summed E-state index contributed by atoms with van der Waals surface area (Å²) in [6.07, 6.45) is 1.77. The number of hydrogen-bond acceptors (Lipinski definition) is 5. The molecule has 0 radical (unpaired) electrons. The standard InChI is InChI=1S/C33H42BrN3O5S/c1-6-42-30-19-11-10-18-28(30)37(43(5,40)41)21-13-20-31(38)36(24-26-16-12-17-27(34)22-26)29(32(39)35-33(2,3)4)23-25-14-8-7-9-15-25/h7-12,14-19,22,29H,6,13,20-21,23-24H2,1-5H3,(H,35,39)/t29-/m0/s1. The first-order valence-electron chi connectivity index (χ1n) is 14.4. The minimum atomic E-state index is -3.66. The van der Waals surface area contributed by atoms with Crippen molar-refractivity contribution < 1.29 is 22.7 Å². The highest BCUT2D eigenvalue weighted by Crippen LogP contribution is 2.30. The topological polar surface area (TPSA) is 96.0 Å². The summed E-state index contributed by atoms with van der Waals surface area (Å²) < 4.78 is 33.5. The molecule has 43 heavy (non-hydrogen) atoms. The predicted molar refractivity (Wildman–Crippen MR) is 176 cm³/mol. The number of nitrogens with one attached hydrogen (secondary N) is 1. The fourth-order valence-corrected chi connectivity index (χ4v) is 6.18. The molecule has 0 aliphatic rings. The second kappa shape index (κ2) is 15.4. The van der Waals surface area contributed by atoms with Crippen LogP contribution in [0, 0.1) is 0 Å². The van der Waals surface area contributed by atoms with Gasteiger partial charge in [-0.3, -0.25) is 13.9 Å². The van der Waals surface area contributed by atoms with Gasteiger partial charge in [-0.2, -0.15) is 0 Å². The fraction of sp³-hybridized carbons (Fsp3) is 0.394. The lowest BCUT2D eigenvalue weighted by atomic mass is 10.00. The highest BCUT2D eigenvalue weighted by Gasteiger charge is 2.32. The number of carbonyl (C=O) groups excluding carboxylic acids is 2. The van der Waals surface area contributed by atoms with Crippen LogP contribution in [-0.2, 0) is 32.6 Å². The molecule has 2 amide bonds. The van der Waals surface area contributed by atoms with Crippen molar-refractivity contribution >= 4 is 43.5 Å². The van der Waals surface area contributed by atoms with E-state index in [4.69, 9.17) is 4.74 Å². The summed E-state index contributed by atoms with van der Waals surface area (Å²) in [7, 11) is -3.66. The van der Waals surface area contributed by atoms with Gasteiger partial charge in [-0.05, 0) is 69.5 Å². The highest BCUT2D eigenvalue weighted by molar-refractivity contribution is 9.10. The summed E-state index contributed by atoms with van der Waals surface area (Å²) in [5.41, 5.74) is 1.73. The summed E-state index contributed by atoms with van der Waals surface area (Å²) in [5.74, 6) is -0.0283. The van der Waals surface area contributed by atoms with E-state index in [0.717, 1.165) is 21.9 Å². The smallest absolute Gasteiger partial charge is 0.243 e. The van der Waals surface area contributed by atoms with Crippen molar-refractivity contribution in [2.24, 2.45) is 0 Å². The number of rotatable bonds is 14. The van der Waals surface area contributed by atoms with Crippen LogP contribution in [0.2, 0.25) is 0 Å². The van der Waals surface area contributed by atoms with E-state index in [9.17, 15) is 18.0 Å². The molecule has 1 N–H and O–H groups in total. The lowest BCUT2D eigenvalue weighted by Gasteiger charge is -2.34. The zero-order chi connectivity index (χ0) is 31.6. The lowest BCUT2D eigenvalue weighted by molar-refractivity contribution is -0.142. The second-order valence-electron chi connectivity index (χ2n) is 11.4. The summed E-state index contributed by atoms with van der Waals surface area (Å²) in [6.45, 7) is 8.24. The van der Waals surface area contributed by atoms with E-state index < -0.39 is 21.6 Å². The molecular formula is C33H42BrN3O5S. The van der Waals surface area contributed by atoms with Crippen LogP contribution in [0.3, 0.4) is 0 Å². The van der Waals surface area contributed by atoms with Gasteiger partial charge < -0.3 is 15.0 Å². The minimum absolute atomic E-state index is 0.0465. The normalized spacial score (nSPS) is 12.3. The van der Waals surface area contributed by atoms with E-state index in [2.05, 4.69) is 21.2 Å². The molecule has 0 aliphatic carbocycles. The third kappa shape index (κ3) is 10.7. The Morgan fingerprint density at radius 3 is 2.23 bits per heavy atom. The van der Waals surface area contributed by atoms with Gasteiger partial charge in [0.25, 0.3) is 0 Å². The molecule has 8 nitrogen and oxygen atoms in total. The number of carbonyl (C=O) groups is 2. The van der Waals surface area contributed by atoms with Crippen LogP contribution in [-0.4, -0.2) is 56.1 Å². The monoisotopic (exact) mass is 671 g/mol. The Hall–Kier alpha value is -3.37. The van der Waals surface area contributed by atoms with Crippen molar-refractivity contribution in [3.05, 3.63) is 94.5 Å². The Balaban J connectivity index is 1.92. The van der Waals surface area contributed by atoms with Gasteiger partial charge in [0.2, 0.25) is 21.8 Å². The van der Waals surface area contributed by atoms with Crippen LogP contribution >= 0.6 is 15.9 Å². The van der Waals surface area contributed by atoms with E-state index in [1.165, 1.54) is 4.31 Å². The maximum Gasteiger partial charge on any atom is 0.243 e. The maximum atomic E-state index is 14.0. The SMILES string of the molecule is CCOc1ccccc1N(CCCC(=O)N(Cc1cccc(Br)c1)[C@@H](Cc1ccccc1)C(=O)NC(C)(C)C)S(C)(=O)=O. The van der Waals surface area contributed by atoms with Crippen molar-refractivity contribution in [1.82, 2.24) is 10.2 Å². The number of para-hydroxylation sites is 2. The molecule has 0 unspecified atom stereocenters. The molecule has 3 aromatic rings. The number of nitrogens with zero attached hydrogens (tertiary/aromatic N) is 2. The molecule has 0 heterocycles. The van der Waals surface area contributed by atoms with E-state index in [1.54, 1.807) is 29.2 Å². The zero-order valence-electron chi connectivity index (χ0n) is 25.5. The Bertz CT molecular complexity index is 1480. The van der Waals surface area contributed by atoms with Crippen LogP contribution in [0.1, 0.15) is 51.7 Å². The lowest BCUT2D eigenvalue weighted by Crippen LogP contribution is -2.54. The molecule has 0 saturated carbocycles. The van der Waals surface area contributed by atoms with Crippen molar-refractivity contribution in [1.29, 1.82) is 0 Å². The Labute approximate surface area is 264 Å². The number of sulfonamides is 1. The van der Waals surface area contributed by atoms with E-state index >= 15 is 0 Å². The first-order chi connectivity index (χ1) is 20.3. The molecule has 0 saturated heterocycles. The molecule has 0 spiro atoms. The van der Waals surface area contributed by atoms with Gasteiger partial charge in [-0.25, -0.2) is 8.42 Å². The molecule has 3 aromatic carbocycles. The van der Waals surface area contributed by atoms with Gasteiger partial charge in [-0.15, -0.1) is 0 Å². The summed E-state index contributed by atoms with van der Waals surface area (Å²) in [6, 6.07) is 23.4. The number of anilines is 1. The Morgan fingerprint density at radius 1 is 0.953 bits per heavy atom. The first kappa shape index (κ1) is 34.1. The summed E-state index contributed by atoms with van der Waals surface area (Å²) >= 11 is 3.51. The number of amides is 2. The minimum Gasteiger partial charge on any atom is -0.492 e. The first-order valence-corrected chi connectivity index (χ1v) is 17.0. The van der Waals surface area contributed by atoms with E-state index in [1.807, 2.05) is 82.3 Å². The van der Waals surface area contributed by atoms with Crippen LogP contribution in [0.25, 0.3) is 0 Å². The van der Waals surface area contributed by atoms with E-state index in [-0.39, 0.29) is 37.7 Å². The maximum absolute atomic E-state index is 14.0.